The van der Waals surface area contributed by atoms with Gasteiger partial charge >= 0.3 is 0 Å². The van der Waals surface area contributed by atoms with Gasteiger partial charge in [-0.15, -0.1) is 0 Å². The SMILES string of the molecule is COCC1=NN(C2CCCCC2)C(=O)C1. The molecule has 0 aromatic heterocycles. The van der Waals surface area contributed by atoms with Crippen LogP contribution >= 0.6 is 0 Å². The summed E-state index contributed by atoms with van der Waals surface area (Å²) in [7, 11) is 1.64. The number of carbonyl (C=O) groups is 1. The van der Waals surface area contributed by atoms with Gasteiger partial charge in [0.05, 0.1) is 24.8 Å². The molecule has 0 bridgehead atoms. The lowest BCUT2D eigenvalue weighted by Crippen LogP contribution is -2.34. The molecule has 1 fully saturated rings. The third-order valence-corrected chi connectivity index (χ3v) is 3.09. The Labute approximate surface area is 90.3 Å². The first-order chi connectivity index (χ1) is 7.31. The van der Waals surface area contributed by atoms with Crippen molar-refractivity contribution in [2.24, 2.45) is 5.10 Å². The predicted octanol–water partition coefficient (Wildman–Crippen LogP) is 1.55. The maximum absolute atomic E-state index is 11.7. The first-order valence-electron chi connectivity index (χ1n) is 5.68. The van der Waals surface area contributed by atoms with E-state index in [0.717, 1.165) is 18.6 Å². The standard InChI is InChI=1S/C11H18N2O2/c1-15-8-9-7-11(14)13(12-9)10-5-3-2-4-6-10/h10H,2-8H2,1H3. The number of hydrogen-bond acceptors (Lipinski definition) is 3. The Morgan fingerprint density at radius 2 is 2.13 bits per heavy atom. The van der Waals surface area contributed by atoms with Crippen LogP contribution in [-0.2, 0) is 9.53 Å². The molecule has 1 aliphatic heterocycles. The third-order valence-electron chi connectivity index (χ3n) is 3.09. The summed E-state index contributed by atoms with van der Waals surface area (Å²) in [5.41, 5.74) is 0.869. The third kappa shape index (κ3) is 2.37. The lowest BCUT2D eigenvalue weighted by atomic mass is 9.95. The van der Waals surface area contributed by atoms with Crippen molar-refractivity contribution in [3.63, 3.8) is 0 Å². The number of ether oxygens (including phenoxy) is 1. The summed E-state index contributed by atoms with van der Waals surface area (Å²) in [6.07, 6.45) is 6.41. The van der Waals surface area contributed by atoms with Gasteiger partial charge in [0.2, 0.25) is 5.91 Å². The number of rotatable bonds is 3. The first kappa shape index (κ1) is 10.6. The minimum Gasteiger partial charge on any atom is -0.379 e. The van der Waals surface area contributed by atoms with Crippen molar-refractivity contribution < 1.29 is 9.53 Å². The Bertz CT molecular complexity index is 270. The van der Waals surface area contributed by atoms with E-state index in [-0.39, 0.29) is 5.91 Å². The second-order valence-corrected chi connectivity index (χ2v) is 4.31. The van der Waals surface area contributed by atoms with E-state index >= 15 is 0 Å². The van der Waals surface area contributed by atoms with Crippen molar-refractivity contribution in [2.45, 2.75) is 44.6 Å². The van der Waals surface area contributed by atoms with Crippen LogP contribution in [0.5, 0.6) is 0 Å². The highest BCUT2D eigenvalue weighted by Gasteiger charge is 2.30. The summed E-state index contributed by atoms with van der Waals surface area (Å²) in [6.45, 7) is 0.481. The van der Waals surface area contributed by atoms with E-state index in [1.54, 1.807) is 12.1 Å². The summed E-state index contributed by atoms with van der Waals surface area (Å²) in [4.78, 5) is 11.7. The molecule has 4 nitrogen and oxygen atoms in total. The van der Waals surface area contributed by atoms with Gasteiger partial charge in [-0.1, -0.05) is 19.3 Å². The average Bonchev–Trinajstić information content (AvgIpc) is 2.61. The Balaban J connectivity index is 1.98. The van der Waals surface area contributed by atoms with E-state index < -0.39 is 0 Å². The number of methoxy groups -OCH3 is 1. The fourth-order valence-corrected chi connectivity index (χ4v) is 2.36. The monoisotopic (exact) mass is 210 g/mol. The average molecular weight is 210 g/mol. The van der Waals surface area contributed by atoms with Gasteiger partial charge in [0.25, 0.3) is 0 Å². The summed E-state index contributed by atoms with van der Waals surface area (Å²) >= 11 is 0. The van der Waals surface area contributed by atoms with Gasteiger partial charge in [0, 0.05) is 7.11 Å². The Morgan fingerprint density at radius 3 is 2.80 bits per heavy atom. The molecule has 0 atom stereocenters. The smallest absolute Gasteiger partial charge is 0.248 e. The molecular formula is C11H18N2O2. The zero-order valence-electron chi connectivity index (χ0n) is 9.24. The summed E-state index contributed by atoms with van der Waals surface area (Å²) in [5.74, 6) is 0.147. The second-order valence-electron chi connectivity index (χ2n) is 4.31. The maximum Gasteiger partial charge on any atom is 0.248 e. The molecule has 0 unspecified atom stereocenters. The van der Waals surface area contributed by atoms with Gasteiger partial charge in [-0.25, -0.2) is 5.01 Å². The molecule has 0 spiro atoms. The fraction of sp³-hybridized carbons (Fsp3) is 0.818. The summed E-state index contributed by atoms with van der Waals surface area (Å²) in [5, 5.41) is 6.06. The van der Waals surface area contributed by atoms with Crippen LogP contribution in [0.1, 0.15) is 38.5 Å². The molecule has 4 heteroatoms. The van der Waals surface area contributed by atoms with Crippen LogP contribution in [0.15, 0.2) is 5.10 Å². The molecule has 2 aliphatic rings. The van der Waals surface area contributed by atoms with Gasteiger partial charge in [-0.2, -0.15) is 5.10 Å². The molecule has 1 saturated carbocycles. The number of nitrogens with zero attached hydrogens (tertiary/aromatic N) is 2. The van der Waals surface area contributed by atoms with Crippen molar-refractivity contribution in [3.05, 3.63) is 0 Å². The van der Waals surface area contributed by atoms with E-state index in [4.69, 9.17) is 4.74 Å². The highest BCUT2D eigenvalue weighted by molar-refractivity contribution is 6.05. The molecule has 1 aliphatic carbocycles. The molecular weight excluding hydrogens is 192 g/mol. The summed E-state index contributed by atoms with van der Waals surface area (Å²) in [6, 6.07) is 0.348. The molecule has 84 valence electrons. The Morgan fingerprint density at radius 1 is 1.40 bits per heavy atom. The zero-order chi connectivity index (χ0) is 10.7. The second kappa shape index (κ2) is 4.75. The maximum atomic E-state index is 11.7. The number of hydrogen-bond donors (Lipinski definition) is 0. The van der Waals surface area contributed by atoms with Crippen molar-refractivity contribution >= 4 is 11.6 Å². The van der Waals surface area contributed by atoms with Crippen LogP contribution in [0.2, 0.25) is 0 Å². The van der Waals surface area contributed by atoms with Crippen molar-refractivity contribution in [1.29, 1.82) is 0 Å². The molecule has 0 aromatic rings. The van der Waals surface area contributed by atoms with Crippen LogP contribution in [0, 0.1) is 0 Å². The van der Waals surface area contributed by atoms with E-state index in [9.17, 15) is 4.79 Å². The topological polar surface area (TPSA) is 41.9 Å². The molecule has 0 radical (unpaired) electrons. The lowest BCUT2D eigenvalue weighted by molar-refractivity contribution is -0.131. The van der Waals surface area contributed by atoms with E-state index in [1.807, 2.05) is 0 Å². The van der Waals surface area contributed by atoms with Crippen molar-refractivity contribution in [3.8, 4) is 0 Å². The van der Waals surface area contributed by atoms with Crippen LogP contribution in [0.25, 0.3) is 0 Å². The number of carbonyl (C=O) groups excluding carboxylic acids is 1. The highest BCUT2D eigenvalue weighted by atomic mass is 16.5. The van der Waals surface area contributed by atoms with Gasteiger partial charge in [0.1, 0.15) is 0 Å². The molecule has 0 N–H and O–H groups in total. The number of amides is 1. The van der Waals surface area contributed by atoms with Crippen LogP contribution in [0.4, 0.5) is 0 Å². The minimum absolute atomic E-state index is 0.147. The van der Waals surface area contributed by atoms with Crippen LogP contribution in [0.3, 0.4) is 0 Å². The van der Waals surface area contributed by atoms with E-state index in [0.29, 0.717) is 19.1 Å². The van der Waals surface area contributed by atoms with E-state index in [2.05, 4.69) is 5.10 Å². The van der Waals surface area contributed by atoms with Crippen molar-refractivity contribution in [2.75, 3.05) is 13.7 Å². The minimum atomic E-state index is 0.147. The molecule has 15 heavy (non-hydrogen) atoms. The van der Waals surface area contributed by atoms with Crippen molar-refractivity contribution in [1.82, 2.24) is 5.01 Å². The highest BCUT2D eigenvalue weighted by Crippen LogP contribution is 2.25. The van der Waals surface area contributed by atoms with Gasteiger partial charge in [0.15, 0.2) is 0 Å². The van der Waals surface area contributed by atoms with Gasteiger partial charge in [-0.3, -0.25) is 4.79 Å². The molecule has 1 amide bonds. The lowest BCUT2D eigenvalue weighted by Gasteiger charge is -2.27. The molecule has 1 heterocycles. The van der Waals surface area contributed by atoms with E-state index in [1.165, 1.54) is 19.3 Å². The van der Waals surface area contributed by atoms with Crippen LogP contribution < -0.4 is 0 Å². The Kier molecular flexibility index (Phi) is 3.36. The fourth-order valence-electron chi connectivity index (χ4n) is 2.36. The largest absolute Gasteiger partial charge is 0.379 e. The summed E-state index contributed by atoms with van der Waals surface area (Å²) < 4.78 is 5.00. The number of hydrazone groups is 1. The zero-order valence-corrected chi connectivity index (χ0v) is 9.24. The molecule has 2 rings (SSSR count). The van der Waals surface area contributed by atoms with Crippen LogP contribution in [-0.4, -0.2) is 36.4 Å². The van der Waals surface area contributed by atoms with Gasteiger partial charge < -0.3 is 4.74 Å². The first-order valence-corrected chi connectivity index (χ1v) is 5.68. The predicted molar refractivity (Wildman–Crippen MR) is 57.6 cm³/mol. The molecule has 0 aromatic carbocycles. The normalized spacial score (nSPS) is 23.4. The Hall–Kier alpha value is -0.900. The quantitative estimate of drug-likeness (QED) is 0.709. The molecule has 0 saturated heterocycles. The van der Waals surface area contributed by atoms with Gasteiger partial charge in [-0.05, 0) is 12.8 Å².